The van der Waals surface area contributed by atoms with Crippen molar-refractivity contribution in [3.05, 3.63) is 0 Å². The van der Waals surface area contributed by atoms with E-state index in [4.69, 9.17) is 0 Å². The Morgan fingerprint density at radius 3 is 2.56 bits per heavy atom. The summed E-state index contributed by atoms with van der Waals surface area (Å²) in [6, 6.07) is -1.77. The first-order chi connectivity index (χ1) is 7.52. The van der Waals surface area contributed by atoms with Gasteiger partial charge in [0.1, 0.15) is 6.04 Å². The van der Waals surface area contributed by atoms with Crippen molar-refractivity contribution in [1.29, 1.82) is 0 Å². The molecular formula is C9H15N2O4S-. The number of thioether (sulfide) groups is 1. The van der Waals surface area contributed by atoms with E-state index >= 15 is 0 Å². The van der Waals surface area contributed by atoms with Gasteiger partial charge in [-0.25, -0.2) is 0 Å². The van der Waals surface area contributed by atoms with Gasteiger partial charge in [0.25, 0.3) is 0 Å². The van der Waals surface area contributed by atoms with Crippen LogP contribution in [0.15, 0.2) is 0 Å². The van der Waals surface area contributed by atoms with E-state index < -0.39 is 24.0 Å². The minimum atomic E-state index is -1.36. The summed E-state index contributed by atoms with van der Waals surface area (Å²) in [5.74, 6) is -1.18. The number of carbonyl (C=O) groups excluding carboxylic acids is 3. The Labute approximate surface area is 98.2 Å². The molecule has 0 radical (unpaired) electrons. The molecule has 2 amide bonds. The lowest BCUT2D eigenvalue weighted by atomic mass is 10.2. The van der Waals surface area contributed by atoms with Gasteiger partial charge >= 0.3 is 0 Å². The van der Waals surface area contributed by atoms with Crippen LogP contribution >= 0.6 is 11.8 Å². The molecule has 0 fully saturated rings. The van der Waals surface area contributed by atoms with Gasteiger partial charge in [-0.2, -0.15) is 11.8 Å². The normalized spacial score (nSPS) is 13.6. The van der Waals surface area contributed by atoms with Crippen molar-refractivity contribution < 1.29 is 19.5 Å². The molecule has 2 N–H and O–H groups in total. The molecule has 0 aromatic carbocycles. The predicted molar refractivity (Wildman–Crippen MR) is 58.6 cm³/mol. The number of amides is 2. The smallest absolute Gasteiger partial charge is 0.243 e. The average Bonchev–Trinajstić information content (AvgIpc) is 2.23. The second-order valence-corrected chi connectivity index (χ2v) is 4.15. The molecule has 0 aromatic rings. The fourth-order valence-electron chi connectivity index (χ4n) is 0.981. The summed E-state index contributed by atoms with van der Waals surface area (Å²) in [6.07, 6.45) is 2.75. The molecule has 92 valence electrons. The van der Waals surface area contributed by atoms with Crippen molar-refractivity contribution in [2.24, 2.45) is 0 Å². The van der Waals surface area contributed by atoms with Crippen LogP contribution in [0, 0.1) is 0 Å². The second-order valence-electron chi connectivity index (χ2n) is 3.17. The topological polar surface area (TPSA) is 98.3 Å². The Hall–Kier alpha value is -1.24. The molecule has 0 aromatic heterocycles. The maximum Gasteiger partial charge on any atom is 0.243 e. The van der Waals surface area contributed by atoms with E-state index in [1.165, 1.54) is 18.7 Å². The summed E-state index contributed by atoms with van der Waals surface area (Å²) in [5, 5.41) is 15.0. The maximum atomic E-state index is 11.5. The molecule has 16 heavy (non-hydrogen) atoms. The molecule has 7 heteroatoms. The molecule has 0 aliphatic heterocycles. The first-order valence-corrected chi connectivity index (χ1v) is 6.12. The number of carbonyl (C=O) groups is 3. The molecule has 0 heterocycles. The van der Waals surface area contributed by atoms with Crippen molar-refractivity contribution >= 4 is 30.0 Å². The monoisotopic (exact) mass is 247 g/mol. The highest BCUT2D eigenvalue weighted by Crippen LogP contribution is 2.00. The lowest BCUT2D eigenvalue weighted by Crippen LogP contribution is -2.52. The van der Waals surface area contributed by atoms with Gasteiger partial charge in [-0.1, -0.05) is 0 Å². The highest BCUT2D eigenvalue weighted by molar-refractivity contribution is 7.98. The van der Waals surface area contributed by atoms with Gasteiger partial charge in [0.05, 0.1) is 12.0 Å². The van der Waals surface area contributed by atoms with Crippen LogP contribution in [-0.2, 0) is 14.4 Å². The van der Waals surface area contributed by atoms with E-state index in [1.807, 2.05) is 6.26 Å². The summed E-state index contributed by atoms with van der Waals surface area (Å²) in [6.45, 7) is 1.31. The van der Waals surface area contributed by atoms with Crippen LogP contribution < -0.4 is 15.7 Å². The quantitative estimate of drug-likeness (QED) is 0.489. The Morgan fingerprint density at radius 2 is 2.12 bits per heavy atom. The number of carboxylic acid groups (broad SMARTS) is 1. The Bertz CT molecular complexity index is 260. The molecule has 0 rings (SSSR count). The van der Waals surface area contributed by atoms with Gasteiger partial charge in [-0.15, -0.1) is 0 Å². The van der Waals surface area contributed by atoms with Crippen LogP contribution in [0.5, 0.6) is 0 Å². The zero-order valence-corrected chi connectivity index (χ0v) is 10.0. The molecule has 0 aliphatic rings. The van der Waals surface area contributed by atoms with E-state index in [-0.39, 0.29) is 0 Å². The number of hydrogen-bond acceptors (Lipinski definition) is 5. The highest BCUT2D eigenvalue weighted by atomic mass is 32.2. The zero-order valence-electron chi connectivity index (χ0n) is 9.19. The van der Waals surface area contributed by atoms with Crippen molar-refractivity contribution in [2.75, 3.05) is 12.0 Å². The first-order valence-electron chi connectivity index (χ1n) is 4.72. The Morgan fingerprint density at radius 1 is 1.50 bits per heavy atom. The average molecular weight is 247 g/mol. The summed E-state index contributed by atoms with van der Waals surface area (Å²) >= 11 is 1.53. The van der Waals surface area contributed by atoms with Crippen molar-refractivity contribution in [2.45, 2.75) is 25.4 Å². The van der Waals surface area contributed by atoms with Crippen LogP contribution in [-0.4, -0.2) is 42.4 Å². The van der Waals surface area contributed by atoms with Gasteiger partial charge in [0.15, 0.2) is 0 Å². The number of aliphatic carboxylic acids is 1. The minimum Gasteiger partial charge on any atom is -0.548 e. The zero-order chi connectivity index (χ0) is 12.6. The fourth-order valence-corrected chi connectivity index (χ4v) is 1.45. The third-order valence-electron chi connectivity index (χ3n) is 1.91. The lowest BCUT2D eigenvalue weighted by Gasteiger charge is -2.20. The first kappa shape index (κ1) is 14.8. The molecule has 0 bridgehead atoms. The second kappa shape index (κ2) is 7.98. The SMILES string of the molecule is CSCC[C@@H](NC=O)C(=O)N[C@@H](C)C(=O)[O-]. The summed E-state index contributed by atoms with van der Waals surface area (Å²) in [7, 11) is 0. The third-order valence-corrected chi connectivity index (χ3v) is 2.55. The predicted octanol–water partition coefficient (Wildman–Crippen LogP) is -1.89. The number of hydrogen-bond donors (Lipinski definition) is 2. The van der Waals surface area contributed by atoms with Crippen LogP contribution in [0.2, 0.25) is 0 Å². The van der Waals surface area contributed by atoms with Crippen LogP contribution in [0.4, 0.5) is 0 Å². The van der Waals surface area contributed by atoms with Gasteiger partial charge in [0.2, 0.25) is 12.3 Å². The molecule has 0 aliphatic carbocycles. The fraction of sp³-hybridized carbons (Fsp3) is 0.667. The molecule has 2 atom stereocenters. The van der Waals surface area contributed by atoms with Crippen molar-refractivity contribution in [3.8, 4) is 0 Å². The van der Waals surface area contributed by atoms with Gasteiger partial charge in [-0.3, -0.25) is 9.59 Å². The van der Waals surface area contributed by atoms with Gasteiger partial charge in [-0.05, 0) is 25.4 Å². The van der Waals surface area contributed by atoms with E-state index in [1.54, 1.807) is 0 Å². The number of carboxylic acids is 1. The summed E-state index contributed by atoms with van der Waals surface area (Å²) in [5.41, 5.74) is 0. The van der Waals surface area contributed by atoms with Gasteiger partial charge in [0, 0.05) is 0 Å². The van der Waals surface area contributed by atoms with Crippen molar-refractivity contribution in [1.82, 2.24) is 10.6 Å². The molecular weight excluding hydrogens is 232 g/mol. The van der Waals surface area contributed by atoms with E-state index in [0.29, 0.717) is 18.6 Å². The summed E-state index contributed by atoms with van der Waals surface area (Å²) < 4.78 is 0. The molecule has 0 unspecified atom stereocenters. The standard InChI is InChI=1S/C9H16N2O4S/c1-6(9(14)15)11-8(13)7(10-5-12)3-4-16-2/h5-7H,3-4H2,1-2H3,(H,10,12)(H,11,13)(H,14,15)/p-1/t6-,7+/m0/s1. The van der Waals surface area contributed by atoms with E-state index in [9.17, 15) is 19.5 Å². The van der Waals surface area contributed by atoms with Gasteiger partial charge < -0.3 is 20.5 Å². The lowest BCUT2D eigenvalue weighted by molar-refractivity contribution is -0.307. The van der Waals surface area contributed by atoms with E-state index in [2.05, 4.69) is 10.6 Å². The van der Waals surface area contributed by atoms with Crippen LogP contribution in [0.25, 0.3) is 0 Å². The molecule has 0 saturated heterocycles. The van der Waals surface area contributed by atoms with E-state index in [0.717, 1.165) is 0 Å². The molecule has 0 saturated carbocycles. The Kier molecular flexibility index (Phi) is 7.36. The van der Waals surface area contributed by atoms with Crippen LogP contribution in [0.1, 0.15) is 13.3 Å². The third kappa shape index (κ3) is 5.59. The maximum absolute atomic E-state index is 11.5. The van der Waals surface area contributed by atoms with Crippen LogP contribution in [0.3, 0.4) is 0 Å². The van der Waals surface area contributed by atoms with Crippen molar-refractivity contribution in [3.63, 3.8) is 0 Å². The number of nitrogens with one attached hydrogen (secondary N) is 2. The Balaban J connectivity index is 4.25. The number of rotatable bonds is 8. The highest BCUT2D eigenvalue weighted by Gasteiger charge is 2.18. The molecule has 0 spiro atoms. The minimum absolute atomic E-state index is 0.425. The largest absolute Gasteiger partial charge is 0.548 e. The summed E-state index contributed by atoms with van der Waals surface area (Å²) in [4.78, 5) is 32.2. The molecule has 6 nitrogen and oxygen atoms in total.